The molecule has 3 rings (SSSR count). The Kier molecular flexibility index (Phi) is 3.64. The number of benzene rings is 1. The summed E-state index contributed by atoms with van der Waals surface area (Å²) in [6.07, 6.45) is 4.10. The first-order valence-electron chi connectivity index (χ1n) is 6.81. The maximum atomic E-state index is 11.9. The number of hydrogen-bond donors (Lipinski definition) is 1. The summed E-state index contributed by atoms with van der Waals surface area (Å²) in [6.45, 7) is 2.56. The molecule has 0 aliphatic carbocycles. The van der Waals surface area contributed by atoms with E-state index < -0.39 is 0 Å². The molecule has 21 heavy (non-hydrogen) atoms. The summed E-state index contributed by atoms with van der Waals surface area (Å²) in [6, 6.07) is 12.0. The standard InChI is InChI=1S/C16H16N4O/c1-12-4-2-5-14(8-12)11-20-15(18-19-16(20)21)9-13-6-3-7-17-10-13/h2-8,10H,9,11H2,1H3,(H,19,21). The van der Waals surface area contributed by atoms with Crippen LogP contribution in [0.15, 0.2) is 53.6 Å². The first-order chi connectivity index (χ1) is 10.2. The largest absolute Gasteiger partial charge is 0.343 e. The van der Waals surface area contributed by atoms with Crippen LogP contribution in [-0.2, 0) is 13.0 Å². The van der Waals surface area contributed by atoms with Crippen molar-refractivity contribution in [2.75, 3.05) is 0 Å². The van der Waals surface area contributed by atoms with E-state index in [4.69, 9.17) is 0 Å². The number of rotatable bonds is 4. The molecule has 5 heteroatoms. The van der Waals surface area contributed by atoms with Crippen molar-refractivity contribution in [3.63, 3.8) is 0 Å². The summed E-state index contributed by atoms with van der Waals surface area (Å²) in [7, 11) is 0. The minimum Gasteiger partial charge on any atom is -0.274 e. The van der Waals surface area contributed by atoms with Gasteiger partial charge < -0.3 is 0 Å². The molecular weight excluding hydrogens is 264 g/mol. The monoisotopic (exact) mass is 280 g/mol. The van der Waals surface area contributed by atoms with E-state index in [1.807, 2.05) is 37.3 Å². The lowest BCUT2D eigenvalue weighted by atomic mass is 10.1. The molecule has 0 spiro atoms. The van der Waals surface area contributed by atoms with Gasteiger partial charge in [-0.25, -0.2) is 9.89 Å². The number of aromatic nitrogens is 4. The molecule has 0 saturated carbocycles. The van der Waals surface area contributed by atoms with E-state index in [-0.39, 0.29) is 5.69 Å². The van der Waals surface area contributed by atoms with E-state index in [0.717, 1.165) is 17.0 Å². The van der Waals surface area contributed by atoms with Crippen molar-refractivity contribution >= 4 is 0 Å². The zero-order chi connectivity index (χ0) is 14.7. The van der Waals surface area contributed by atoms with Gasteiger partial charge in [0.05, 0.1) is 6.54 Å². The third-order valence-corrected chi connectivity index (χ3v) is 3.35. The molecule has 0 aliphatic rings. The Morgan fingerprint density at radius 2 is 2.05 bits per heavy atom. The summed E-state index contributed by atoms with van der Waals surface area (Å²) >= 11 is 0. The molecule has 0 saturated heterocycles. The van der Waals surface area contributed by atoms with Crippen LogP contribution >= 0.6 is 0 Å². The van der Waals surface area contributed by atoms with Gasteiger partial charge in [0, 0.05) is 18.8 Å². The zero-order valence-electron chi connectivity index (χ0n) is 11.8. The topological polar surface area (TPSA) is 63.6 Å². The van der Waals surface area contributed by atoms with Crippen molar-refractivity contribution in [3.8, 4) is 0 Å². The number of aryl methyl sites for hydroxylation is 1. The second-order valence-corrected chi connectivity index (χ2v) is 5.06. The van der Waals surface area contributed by atoms with Crippen LogP contribution in [0.4, 0.5) is 0 Å². The molecule has 1 aromatic carbocycles. The molecular formula is C16H16N4O. The molecule has 2 aromatic heterocycles. The Bertz CT molecular complexity index is 789. The van der Waals surface area contributed by atoms with E-state index in [0.29, 0.717) is 13.0 Å². The van der Waals surface area contributed by atoms with E-state index >= 15 is 0 Å². The van der Waals surface area contributed by atoms with Gasteiger partial charge in [-0.2, -0.15) is 5.10 Å². The molecule has 0 radical (unpaired) electrons. The van der Waals surface area contributed by atoms with Crippen molar-refractivity contribution in [1.29, 1.82) is 0 Å². The number of aromatic amines is 1. The molecule has 0 amide bonds. The number of H-pyrrole nitrogens is 1. The predicted octanol–water partition coefficient (Wildman–Crippen LogP) is 1.91. The van der Waals surface area contributed by atoms with Gasteiger partial charge in [0.1, 0.15) is 5.82 Å². The fourth-order valence-electron chi connectivity index (χ4n) is 2.33. The van der Waals surface area contributed by atoms with Crippen molar-refractivity contribution in [1.82, 2.24) is 19.7 Å². The highest BCUT2D eigenvalue weighted by Crippen LogP contribution is 2.08. The van der Waals surface area contributed by atoms with Gasteiger partial charge in [-0.3, -0.25) is 9.55 Å². The Morgan fingerprint density at radius 3 is 2.81 bits per heavy atom. The summed E-state index contributed by atoms with van der Waals surface area (Å²) in [4.78, 5) is 16.0. The molecule has 3 aromatic rings. The molecule has 2 heterocycles. The highest BCUT2D eigenvalue weighted by molar-refractivity contribution is 5.23. The minimum atomic E-state index is -0.185. The van der Waals surface area contributed by atoms with Gasteiger partial charge in [-0.15, -0.1) is 0 Å². The van der Waals surface area contributed by atoms with E-state index in [1.54, 1.807) is 17.0 Å². The summed E-state index contributed by atoms with van der Waals surface area (Å²) in [5.41, 5.74) is 3.11. The third kappa shape index (κ3) is 3.08. The fraction of sp³-hybridized carbons (Fsp3) is 0.188. The van der Waals surface area contributed by atoms with Crippen molar-refractivity contribution in [3.05, 3.63) is 81.8 Å². The Labute approximate surface area is 122 Å². The van der Waals surface area contributed by atoms with Crippen LogP contribution in [0, 0.1) is 6.92 Å². The third-order valence-electron chi connectivity index (χ3n) is 3.35. The molecule has 0 atom stereocenters. The first kappa shape index (κ1) is 13.3. The van der Waals surface area contributed by atoms with E-state index in [1.165, 1.54) is 5.56 Å². The number of nitrogens with zero attached hydrogens (tertiary/aromatic N) is 3. The summed E-state index contributed by atoms with van der Waals surface area (Å²) < 4.78 is 1.67. The molecule has 0 unspecified atom stereocenters. The molecule has 5 nitrogen and oxygen atoms in total. The van der Waals surface area contributed by atoms with Gasteiger partial charge in [0.25, 0.3) is 0 Å². The van der Waals surface area contributed by atoms with Crippen LogP contribution in [0.3, 0.4) is 0 Å². The predicted molar refractivity (Wildman–Crippen MR) is 80.2 cm³/mol. The average molecular weight is 280 g/mol. The normalized spacial score (nSPS) is 10.7. The Hall–Kier alpha value is -2.69. The second kappa shape index (κ2) is 5.75. The van der Waals surface area contributed by atoms with E-state index in [2.05, 4.69) is 21.2 Å². The minimum absolute atomic E-state index is 0.185. The molecule has 0 aliphatic heterocycles. The van der Waals surface area contributed by atoms with Gasteiger partial charge >= 0.3 is 5.69 Å². The molecule has 0 bridgehead atoms. The summed E-state index contributed by atoms with van der Waals surface area (Å²) in [5.74, 6) is 0.717. The Balaban J connectivity index is 1.89. The summed E-state index contributed by atoms with van der Waals surface area (Å²) in [5, 5.41) is 6.66. The number of hydrogen-bond acceptors (Lipinski definition) is 3. The zero-order valence-corrected chi connectivity index (χ0v) is 11.8. The van der Waals surface area contributed by atoms with Crippen LogP contribution in [0.5, 0.6) is 0 Å². The first-order valence-corrected chi connectivity index (χ1v) is 6.81. The van der Waals surface area contributed by atoms with Crippen molar-refractivity contribution in [2.24, 2.45) is 0 Å². The van der Waals surface area contributed by atoms with Gasteiger partial charge in [0.2, 0.25) is 0 Å². The smallest absolute Gasteiger partial charge is 0.274 e. The average Bonchev–Trinajstić information content (AvgIpc) is 2.81. The molecule has 0 fully saturated rings. The lowest BCUT2D eigenvalue weighted by molar-refractivity contribution is 0.716. The van der Waals surface area contributed by atoms with Gasteiger partial charge in [-0.1, -0.05) is 35.9 Å². The second-order valence-electron chi connectivity index (χ2n) is 5.06. The van der Waals surface area contributed by atoms with Gasteiger partial charge in [-0.05, 0) is 24.1 Å². The van der Waals surface area contributed by atoms with Crippen LogP contribution in [0.25, 0.3) is 0 Å². The fourth-order valence-corrected chi connectivity index (χ4v) is 2.33. The number of nitrogens with one attached hydrogen (secondary N) is 1. The van der Waals surface area contributed by atoms with Gasteiger partial charge in [0.15, 0.2) is 0 Å². The molecule has 1 N–H and O–H groups in total. The molecule has 106 valence electrons. The highest BCUT2D eigenvalue weighted by atomic mass is 16.1. The lowest BCUT2D eigenvalue weighted by Gasteiger charge is -2.06. The maximum Gasteiger partial charge on any atom is 0.343 e. The SMILES string of the molecule is Cc1cccc(Cn2c(Cc3cccnc3)n[nH]c2=O)c1. The lowest BCUT2D eigenvalue weighted by Crippen LogP contribution is -2.20. The van der Waals surface area contributed by atoms with Crippen LogP contribution in [0.1, 0.15) is 22.5 Å². The Morgan fingerprint density at radius 1 is 1.19 bits per heavy atom. The quantitative estimate of drug-likeness (QED) is 0.794. The van der Waals surface area contributed by atoms with Crippen LogP contribution in [-0.4, -0.2) is 19.7 Å². The van der Waals surface area contributed by atoms with Crippen LogP contribution in [0.2, 0.25) is 0 Å². The van der Waals surface area contributed by atoms with Crippen LogP contribution < -0.4 is 5.69 Å². The maximum absolute atomic E-state index is 11.9. The van der Waals surface area contributed by atoms with Crippen molar-refractivity contribution < 1.29 is 0 Å². The van der Waals surface area contributed by atoms with Crippen molar-refractivity contribution in [2.45, 2.75) is 19.9 Å². The van der Waals surface area contributed by atoms with E-state index in [9.17, 15) is 4.79 Å². The highest BCUT2D eigenvalue weighted by Gasteiger charge is 2.09. The number of pyridine rings is 1.